The van der Waals surface area contributed by atoms with Crippen molar-refractivity contribution >= 4 is 23.8 Å². The molecule has 3 heteroatoms. The van der Waals surface area contributed by atoms with Gasteiger partial charge in [-0.3, -0.25) is 0 Å². The van der Waals surface area contributed by atoms with Gasteiger partial charge in [-0.15, -0.1) is 59.7 Å². The Morgan fingerprint density at radius 2 is 0.857 bits per heavy atom. The molecule has 0 radical (unpaired) electrons. The summed E-state index contributed by atoms with van der Waals surface area (Å²) in [5.74, 6) is 0. The zero-order valence-corrected chi connectivity index (χ0v) is 20.5. The number of aliphatic imine (C=N–C) groups is 2. The van der Waals surface area contributed by atoms with Crippen LogP contribution in [0.1, 0.15) is 11.1 Å². The summed E-state index contributed by atoms with van der Waals surface area (Å²) in [6, 6.07) is 47.1. The van der Waals surface area contributed by atoms with Crippen LogP contribution in [0.2, 0.25) is 0 Å². The second-order valence-corrected chi connectivity index (χ2v) is 7.73. The Morgan fingerprint density at radius 3 is 1.29 bits per heavy atom. The van der Waals surface area contributed by atoms with E-state index in [1.807, 2.05) is 97.4 Å². The van der Waals surface area contributed by atoms with Gasteiger partial charge in [0.25, 0.3) is 0 Å². The summed E-state index contributed by atoms with van der Waals surface area (Å²) in [6.45, 7) is 0. The predicted octanol–water partition coefficient (Wildman–Crippen LogP) is 8.12. The molecule has 35 heavy (non-hydrogen) atoms. The van der Waals surface area contributed by atoms with Crippen molar-refractivity contribution in [1.82, 2.24) is 0 Å². The molecule has 0 unspecified atom stereocenters. The van der Waals surface area contributed by atoms with Gasteiger partial charge in [0.1, 0.15) is 0 Å². The fraction of sp³-hybridized carbons (Fsp3) is 0. The maximum absolute atomic E-state index is 4.78. The minimum atomic E-state index is 0. The van der Waals surface area contributed by atoms with Crippen LogP contribution in [0.15, 0.2) is 131 Å². The van der Waals surface area contributed by atoms with Crippen LogP contribution in [0.5, 0.6) is 0 Å². The molecule has 5 rings (SSSR count). The van der Waals surface area contributed by atoms with E-state index in [1.54, 1.807) is 0 Å². The third kappa shape index (κ3) is 5.97. The number of para-hydroxylation sites is 2. The Bertz CT molecular complexity index is 1330. The first-order chi connectivity index (χ1) is 16.9. The van der Waals surface area contributed by atoms with E-state index in [1.165, 1.54) is 0 Å². The minimum absolute atomic E-state index is 0. The third-order valence-electron chi connectivity index (χ3n) is 5.49. The summed E-state index contributed by atoms with van der Waals surface area (Å²) in [7, 11) is 0. The molecule has 0 atom stereocenters. The molecule has 170 valence electrons. The van der Waals surface area contributed by atoms with E-state index in [0.29, 0.717) is 0 Å². The first kappa shape index (κ1) is 24.2. The van der Waals surface area contributed by atoms with Gasteiger partial charge in [0.05, 0.1) is 11.4 Å². The van der Waals surface area contributed by atoms with Gasteiger partial charge in [-0.25, -0.2) is 0 Å². The van der Waals surface area contributed by atoms with Gasteiger partial charge in [-0.2, -0.15) is 0 Å². The number of rotatable bonds is 6. The fourth-order valence-electron chi connectivity index (χ4n) is 3.80. The predicted molar refractivity (Wildman–Crippen MR) is 142 cm³/mol. The Kier molecular flexibility index (Phi) is 8.31. The maximum atomic E-state index is 4.78. The minimum Gasteiger partial charge on any atom is -0.302 e. The monoisotopic (exact) mass is 540 g/mol. The van der Waals surface area contributed by atoms with Crippen molar-refractivity contribution in [3.63, 3.8) is 0 Å². The first-order valence-corrected chi connectivity index (χ1v) is 11.2. The summed E-state index contributed by atoms with van der Waals surface area (Å²) in [4.78, 5) is 9.55. The van der Waals surface area contributed by atoms with Gasteiger partial charge >= 0.3 is 20.4 Å². The average Bonchev–Trinajstić information content (AvgIpc) is 2.92. The molecule has 0 aliphatic heterocycles. The summed E-state index contributed by atoms with van der Waals surface area (Å²) in [5.41, 5.74) is 7.95. The van der Waals surface area contributed by atoms with E-state index < -0.39 is 0 Å². The van der Waals surface area contributed by atoms with Crippen LogP contribution in [0, 0.1) is 12.1 Å². The largest absolute Gasteiger partial charge is 2.00 e. The Balaban J connectivity index is 0.00000289. The summed E-state index contributed by atoms with van der Waals surface area (Å²) in [5, 5.41) is 0. The summed E-state index contributed by atoms with van der Waals surface area (Å²) in [6.07, 6.45) is 3.72. The average molecular weight is 541 g/mol. The van der Waals surface area contributed by atoms with Gasteiger partial charge < -0.3 is 9.98 Å². The molecule has 0 aromatic heterocycles. The molecular weight excluding hydrogens is 519 g/mol. The van der Waals surface area contributed by atoms with Crippen LogP contribution in [0.25, 0.3) is 22.3 Å². The molecular formula is C32H22N2Pd. The van der Waals surface area contributed by atoms with Crippen molar-refractivity contribution in [1.29, 1.82) is 0 Å². The molecule has 0 spiro atoms. The van der Waals surface area contributed by atoms with Crippen molar-refractivity contribution < 1.29 is 20.4 Å². The van der Waals surface area contributed by atoms with Gasteiger partial charge in [-0.05, 0) is 24.6 Å². The van der Waals surface area contributed by atoms with Crippen molar-refractivity contribution in [2.75, 3.05) is 0 Å². The summed E-state index contributed by atoms with van der Waals surface area (Å²) < 4.78 is 0. The van der Waals surface area contributed by atoms with E-state index in [9.17, 15) is 0 Å². The molecule has 5 aromatic carbocycles. The standard InChI is InChI=1S/C32H22N2.Pd/c1-3-13-25(14-4-1)29-19-9-7-17-27(29)23-33-31-21-11-12-22-32(31)34-24-28-18-8-10-20-30(28)26-15-5-2-6-16-26;/h1-16,19-24H;/q-2;+2. The van der Waals surface area contributed by atoms with Crippen molar-refractivity contribution in [2.24, 2.45) is 9.98 Å². The molecule has 0 heterocycles. The molecule has 0 saturated carbocycles. The molecule has 0 bridgehead atoms. The molecule has 0 amide bonds. The van der Waals surface area contributed by atoms with Crippen molar-refractivity contribution in [3.8, 4) is 22.3 Å². The van der Waals surface area contributed by atoms with Crippen LogP contribution in [0.3, 0.4) is 0 Å². The van der Waals surface area contributed by atoms with E-state index >= 15 is 0 Å². The third-order valence-corrected chi connectivity index (χ3v) is 5.49. The molecule has 0 aliphatic carbocycles. The number of nitrogens with zero attached hydrogens (tertiary/aromatic N) is 2. The smallest absolute Gasteiger partial charge is 0.302 e. The Hall–Kier alpha value is -3.90. The van der Waals surface area contributed by atoms with Crippen LogP contribution in [-0.2, 0) is 20.4 Å². The van der Waals surface area contributed by atoms with Crippen LogP contribution >= 0.6 is 0 Å². The molecule has 2 nitrogen and oxygen atoms in total. The molecule has 5 aromatic rings. The normalized spacial score (nSPS) is 11.0. The van der Waals surface area contributed by atoms with Crippen LogP contribution in [0.4, 0.5) is 11.4 Å². The van der Waals surface area contributed by atoms with Gasteiger partial charge in [0.15, 0.2) is 0 Å². The second-order valence-electron chi connectivity index (χ2n) is 7.73. The number of hydrogen-bond acceptors (Lipinski definition) is 2. The number of hydrogen-bond donors (Lipinski definition) is 0. The molecule has 0 aliphatic rings. The van der Waals surface area contributed by atoms with Gasteiger partial charge in [-0.1, -0.05) is 95.1 Å². The van der Waals surface area contributed by atoms with Gasteiger partial charge in [0, 0.05) is 0 Å². The molecule has 0 N–H and O–H groups in total. The molecule has 0 saturated heterocycles. The fourth-order valence-corrected chi connectivity index (χ4v) is 3.80. The van der Waals surface area contributed by atoms with Gasteiger partial charge in [0.2, 0.25) is 0 Å². The summed E-state index contributed by atoms with van der Waals surface area (Å²) >= 11 is 0. The van der Waals surface area contributed by atoms with Crippen molar-refractivity contribution in [3.05, 3.63) is 145 Å². The second kappa shape index (κ2) is 12.0. The quantitative estimate of drug-likeness (QED) is 0.118. The zero-order chi connectivity index (χ0) is 23.0. The van der Waals surface area contributed by atoms with E-state index in [-0.39, 0.29) is 20.4 Å². The van der Waals surface area contributed by atoms with E-state index in [4.69, 9.17) is 9.98 Å². The Morgan fingerprint density at radius 1 is 0.457 bits per heavy atom. The topological polar surface area (TPSA) is 24.7 Å². The molecule has 0 fully saturated rings. The first-order valence-electron chi connectivity index (χ1n) is 11.2. The Labute approximate surface area is 220 Å². The van der Waals surface area contributed by atoms with E-state index in [0.717, 1.165) is 44.8 Å². The zero-order valence-electron chi connectivity index (χ0n) is 18.9. The van der Waals surface area contributed by atoms with Crippen LogP contribution < -0.4 is 0 Å². The van der Waals surface area contributed by atoms with E-state index in [2.05, 4.69) is 48.5 Å². The number of benzene rings is 5. The van der Waals surface area contributed by atoms with Crippen LogP contribution in [-0.4, -0.2) is 12.4 Å². The van der Waals surface area contributed by atoms with Crippen molar-refractivity contribution in [2.45, 2.75) is 0 Å². The SMILES string of the molecule is [Pd+2].[c-]1cccc(-c2ccccc2)c1C=Nc1ccccc1N=Cc1[c-]cccc1-c1ccccc1. The maximum Gasteiger partial charge on any atom is 2.00 e.